The molecule has 0 aliphatic carbocycles. The summed E-state index contributed by atoms with van der Waals surface area (Å²) in [5.41, 5.74) is 1.75. The van der Waals surface area contributed by atoms with Gasteiger partial charge in [-0.1, -0.05) is 29.8 Å². The van der Waals surface area contributed by atoms with E-state index in [1.807, 2.05) is 32.9 Å². The van der Waals surface area contributed by atoms with Crippen LogP contribution in [0.3, 0.4) is 0 Å². The fourth-order valence-electron chi connectivity index (χ4n) is 2.29. The number of hydrogen-bond donors (Lipinski definition) is 1. The van der Waals surface area contributed by atoms with Crippen LogP contribution in [0.1, 0.15) is 54.5 Å². The first-order valence-corrected chi connectivity index (χ1v) is 8.10. The number of amides is 1. The molecule has 1 N–H and O–H groups in total. The van der Waals surface area contributed by atoms with Gasteiger partial charge >= 0.3 is 0 Å². The molecule has 0 fully saturated rings. The predicted molar refractivity (Wildman–Crippen MR) is 89.7 cm³/mol. The molecule has 0 unspecified atom stereocenters. The predicted octanol–water partition coefficient (Wildman–Crippen LogP) is 1.88. The molecule has 0 radical (unpaired) electrons. The molecular formula is C17H23N5O2. The zero-order chi connectivity index (χ0) is 17.5. The summed E-state index contributed by atoms with van der Waals surface area (Å²) in [6.07, 6.45) is 0.948. The molecule has 1 amide bonds. The van der Waals surface area contributed by atoms with E-state index in [2.05, 4.69) is 20.8 Å². The van der Waals surface area contributed by atoms with Crippen molar-refractivity contribution in [3.63, 3.8) is 0 Å². The number of hydrogen-bond acceptors (Lipinski definition) is 5. The van der Waals surface area contributed by atoms with Crippen LogP contribution in [-0.2, 0) is 11.2 Å². The van der Waals surface area contributed by atoms with Gasteiger partial charge in [0.1, 0.15) is 0 Å². The Morgan fingerprint density at radius 1 is 1.17 bits per heavy atom. The Hall–Kier alpha value is -2.57. The molecule has 2 aromatic rings. The van der Waals surface area contributed by atoms with Gasteiger partial charge in [0.2, 0.25) is 5.91 Å². The Morgan fingerprint density at radius 2 is 1.88 bits per heavy atom. The maximum Gasteiger partial charge on any atom is 0.220 e. The van der Waals surface area contributed by atoms with Crippen LogP contribution in [0, 0.1) is 6.92 Å². The fraction of sp³-hybridized carbons (Fsp3) is 0.471. The monoisotopic (exact) mass is 329 g/mol. The van der Waals surface area contributed by atoms with Crippen molar-refractivity contribution in [3.8, 4) is 0 Å². The van der Waals surface area contributed by atoms with Crippen LogP contribution in [0.2, 0.25) is 0 Å². The number of carbonyl (C=O) groups excluding carboxylic acids is 2. The average molecular weight is 329 g/mol. The largest absolute Gasteiger partial charge is 0.356 e. The molecule has 1 aromatic heterocycles. The molecule has 0 aliphatic rings. The second kappa shape index (κ2) is 8.33. The molecule has 0 saturated heterocycles. The summed E-state index contributed by atoms with van der Waals surface area (Å²) >= 11 is 0. The zero-order valence-corrected chi connectivity index (χ0v) is 14.3. The highest BCUT2D eigenvalue weighted by Gasteiger charge is 2.11. The molecule has 7 nitrogen and oxygen atoms in total. The second-order valence-corrected chi connectivity index (χ2v) is 6.02. The zero-order valence-electron chi connectivity index (χ0n) is 14.3. The minimum Gasteiger partial charge on any atom is -0.356 e. The maximum atomic E-state index is 12.0. The van der Waals surface area contributed by atoms with E-state index in [0.717, 1.165) is 11.4 Å². The van der Waals surface area contributed by atoms with Gasteiger partial charge in [0, 0.05) is 31.4 Å². The van der Waals surface area contributed by atoms with Gasteiger partial charge < -0.3 is 5.32 Å². The second-order valence-electron chi connectivity index (χ2n) is 6.02. The van der Waals surface area contributed by atoms with Crippen molar-refractivity contribution in [2.24, 2.45) is 0 Å². The Labute approximate surface area is 141 Å². The van der Waals surface area contributed by atoms with E-state index >= 15 is 0 Å². The number of carbonyl (C=O) groups is 2. The quantitative estimate of drug-likeness (QED) is 0.747. The molecule has 7 heteroatoms. The van der Waals surface area contributed by atoms with E-state index in [9.17, 15) is 9.59 Å². The summed E-state index contributed by atoms with van der Waals surface area (Å²) in [5.74, 6) is 0.578. The summed E-state index contributed by atoms with van der Waals surface area (Å²) in [6, 6.07) is 7.55. The molecule has 1 aromatic carbocycles. The van der Waals surface area contributed by atoms with E-state index < -0.39 is 0 Å². The number of nitrogens with zero attached hydrogens (tertiary/aromatic N) is 4. The van der Waals surface area contributed by atoms with Crippen LogP contribution in [-0.4, -0.2) is 38.4 Å². The number of Topliss-reactive ketones (excluding diaryl/α,β-unsaturated/α-hetero) is 1. The van der Waals surface area contributed by atoms with Gasteiger partial charge in [-0.15, -0.1) is 5.10 Å². The Morgan fingerprint density at radius 3 is 2.54 bits per heavy atom. The Bertz CT molecular complexity index is 691. The number of aromatic nitrogens is 4. The lowest BCUT2D eigenvalue weighted by molar-refractivity contribution is -0.121. The van der Waals surface area contributed by atoms with Crippen molar-refractivity contribution in [2.45, 2.75) is 46.1 Å². The molecular weight excluding hydrogens is 306 g/mol. The van der Waals surface area contributed by atoms with Crippen molar-refractivity contribution in [1.29, 1.82) is 0 Å². The lowest BCUT2D eigenvalue weighted by Crippen LogP contribution is -2.27. The van der Waals surface area contributed by atoms with Gasteiger partial charge in [-0.2, -0.15) is 0 Å². The normalized spacial score (nSPS) is 10.8. The van der Waals surface area contributed by atoms with Crippen LogP contribution in [0.4, 0.5) is 0 Å². The highest BCUT2D eigenvalue weighted by Crippen LogP contribution is 2.08. The first-order chi connectivity index (χ1) is 11.5. The number of tetrazole rings is 1. The van der Waals surface area contributed by atoms with Crippen molar-refractivity contribution in [1.82, 2.24) is 25.5 Å². The molecule has 0 saturated carbocycles. The number of ketones is 1. The van der Waals surface area contributed by atoms with E-state index in [4.69, 9.17) is 0 Å². The summed E-state index contributed by atoms with van der Waals surface area (Å²) in [7, 11) is 0. The molecule has 128 valence electrons. The first kappa shape index (κ1) is 17.8. The number of benzene rings is 1. The van der Waals surface area contributed by atoms with Gasteiger partial charge in [-0.05, 0) is 31.2 Å². The molecule has 0 bridgehead atoms. The smallest absolute Gasteiger partial charge is 0.220 e. The van der Waals surface area contributed by atoms with Crippen LogP contribution < -0.4 is 5.32 Å². The maximum absolute atomic E-state index is 12.0. The van der Waals surface area contributed by atoms with E-state index in [0.29, 0.717) is 18.5 Å². The SMILES string of the molecule is Cc1ccc(C(=O)CCC(=O)NCCc2nnnn2C(C)C)cc1. The third-order valence-electron chi connectivity index (χ3n) is 3.67. The minimum absolute atomic E-state index is 0.0195. The van der Waals surface area contributed by atoms with Crippen LogP contribution in [0.25, 0.3) is 0 Å². The molecule has 2 rings (SSSR count). The lowest BCUT2D eigenvalue weighted by atomic mass is 10.1. The molecule has 24 heavy (non-hydrogen) atoms. The Balaban J connectivity index is 1.72. The van der Waals surface area contributed by atoms with Crippen molar-refractivity contribution < 1.29 is 9.59 Å². The topological polar surface area (TPSA) is 89.8 Å². The molecule has 0 aliphatic heterocycles. The Kier molecular flexibility index (Phi) is 6.17. The highest BCUT2D eigenvalue weighted by atomic mass is 16.2. The van der Waals surface area contributed by atoms with Gasteiger partial charge in [0.05, 0.1) is 6.04 Å². The van der Waals surface area contributed by atoms with Gasteiger partial charge in [-0.3, -0.25) is 9.59 Å². The highest BCUT2D eigenvalue weighted by molar-refractivity contribution is 5.97. The van der Waals surface area contributed by atoms with Crippen molar-refractivity contribution >= 4 is 11.7 Å². The van der Waals surface area contributed by atoms with Crippen LogP contribution in [0.15, 0.2) is 24.3 Å². The third-order valence-corrected chi connectivity index (χ3v) is 3.67. The molecule has 1 heterocycles. The standard InChI is InChI=1S/C17H23N5O2/c1-12(2)22-16(19-20-21-22)10-11-18-17(24)9-8-15(23)14-6-4-13(3)5-7-14/h4-7,12H,8-11H2,1-3H3,(H,18,24). The number of aryl methyl sites for hydroxylation is 1. The van der Waals surface area contributed by atoms with E-state index in [1.54, 1.807) is 16.8 Å². The molecule has 0 spiro atoms. The van der Waals surface area contributed by atoms with Gasteiger partial charge in [0.25, 0.3) is 0 Å². The average Bonchev–Trinajstić information content (AvgIpc) is 3.02. The van der Waals surface area contributed by atoms with E-state index in [-0.39, 0.29) is 30.6 Å². The van der Waals surface area contributed by atoms with Crippen molar-refractivity contribution in [2.75, 3.05) is 6.54 Å². The summed E-state index contributed by atoms with van der Waals surface area (Å²) in [5, 5.41) is 14.3. The van der Waals surface area contributed by atoms with Crippen molar-refractivity contribution in [3.05, 3.63) is 41.2 Å². The van der Waals surface area contributed by atoms with Crippen LogP contribution in [0.5, 0.6) is 0 Å². The lowest BCUT2D eigenvalue weighted by Gasteiger charge is -2.08. The summed E-state index contributed by atoms with van der Waals surface area (Å²) < 4.78 is 1.73. The van der Waals surface area contributed by atoms with Gasteiger partial charge in [-0.25, -0.2) is 4.68 Å². The fourth-order valence-corrected chi connectivity index (χ4v) is 2.29. The third kappa shape index (κ3) is 4.97. The van der Waals surface area contributed by atoms with E-state index in [1.165, 1.54) is 0 Å². The number of nitrogens with one attached hydrogen (secondary N) is 1. The van der Waals surface area contributed by atoms with Gasteiger partial charge in [0.15, 0.2) is 11.6 Å². The summed E-state index contributed by atoms with van der Waals surface area (Å²) in [4.78, 5) is 23.9. The summed E-state index contributed by atoms with van der Waals surface area (Å²) in [6.45, 7) is 6.41. The first-order valence-electron chi connectivity index (χ1n) is 8.10. The minimum atomic E-state index is -0.140. The molecule has 0 atom stereocenters. The number of rotatable bonds is 8. The van der Waals surface area contributed by atoms with Crippen LogP contribution >= 0.6 is 0 Å².